The van der Waals surface area contributed by atoms with Gasteiger partial charge in [-0.3, -0.25) is 19.2 Å². The lowest BCUT2D eigenvalue weighted by Gasteiger charge is -2.41. The third-order valence-corrected chi connectivity index (χ3v) is 10.5. The number of piperidine rings is 1. The molecule has 0 radical (unpaired) electrons. The zero-order chi connectivity index (χ0) is 35.4. The van der Waals surface area contributed by atoms with Crippen molar-refractivity contribution >= 4 is 29.5 Å². The first-order valence-electron chi connectivity index (χ1n) is 17.3. The van der Waals surface area contributed by atoms with Gasteiger partial charge < -0.3 is 26.2 Å². The molecule has 0 aromatic heterocycles. The Balaban J connectivity index is 1.83. The molecular formula is C37H59N5O5. The average Bonchev–Trinajstić information content (AvgIpc) is 3.29. The first kappa shape index (κ1) is 38.1. The Hall–Kier alpha value is -3.35. The number of carbonyl (C=O) groups is 5. The second kappa shape index (κ2) is 14.8. The first-order chi connectivity index (χ1) is 21.8. The van der Waals surface area contributed by atoms with Crippen LogP contribution >= 0.6 is 0 Å². The van der Waals surface area contributed by atoms with Crippen molar-refractivity contribution in [3.63, 3.8) is 0 Å². The van der Waals surface area contributed by atoms with Crippen LogP contribution in [0.1, 0.15) is 113 Å². The Morgan fingerprint density at radius 2 is 1.66 bits per heavy atom. The van der Waals surface area contributed by atoms with Gasteiger partial charge >= 0.3 is 6.03 Å². The number of likely N-dealkylation sites (tertiary alicyclic amines) is 1. The fourth-order valence-corrected chi connectivity index (χ4v) is 7.48. The summed E-state index contributed by atoms with van der Waals surface area (Å²) in [5.41, 5.74) is -1.02. The third kappa shape index (κ3) is 9.39. The van der Waals surface area contributed by atoms with Crippen molar-refractivity contribution in [2.45, 2.75) is 137 Å². The fourth-order valence-electron chi connectivity index (χ4n) is 7.48. The van der Waals surface area contributed by atoms with Crippen molar-refractivity contribution in [1.82, 2.24) is 26.2 Å². The summed E-state index contributed by atoms with van der Waals surface area (Å²) in [6.07, 6.45) is 14.1. The molecule has 2 unspecified atom stereocenters. The molecule has 47 heavy (non-hydrogen) atoms. The monoisotopic (exact) mass is 653 g/mol. The molecule has 3 aliphatic rings. The summed E-state index contributed by atoms with van der Waals surface area (Å²) in [6, 6.07) is -3.26. The summed E-state index contributed by atoms with van der Waals surface area (Å²) in [6.45, 7) is 20.5. The van der Waals surface area contributed by atoms with Crippen molar-refractivity contribution < 1.29 is 24.0 Å². The maximum absolute atomic E-state index is 14.4. The van der Waals surface area contributed by atoms with E-state index < -0.39 is 41.1 Å². The van der Waals surface area contributed by atoms with Crippen LogP contribution in [0.2, 0.25) is 0 Å². The van der Waals surface area contributed by atoms with Crippen LogP contribution in [0.3, 0.4) is 0 Å². The summed E-state index contributed by atoms with van der Waals surface area (Å²) in [4.78, 5) is 69.2. The van der Waals surface area contributed by atoms with Gasteiger partial charge in [-0.2, -0.15) is 0 Å². The first-order valence-corrected chi connectivity index (χ1v) is 17.3. The molecule has 1 aliphatic heterocycles. The number of nitrogens with one attached hydrogen (secondary N) is 4. The molecule has 2 aliphatic carbocycles. The molecule has 0 aromatic carbocycles. The molecule has 0 spiro atoms. The SMILES string of the molecule is C#CCCC(NC(=O)[C@@H]1[C@@H]2C(CN1C(=O)[C@@H](NC(=O)NC1(CCC(C)(C)C)CCCCC1)C(C)(C)C)C2(C)C)C(=O)C(=O)NCC=C. The molecule has 5 atom stereocenters. The van der Waals surface area contributed by atoms with Crippen molar-refractivity contribution in [2.24, 2.45) is 28.1 Å². The van der Waals surface area contributed by atoms with Crippen molar-refractivity contribution in [1.29, 1.82) is 0 Å². The fraction of sp³-hybridized carbons (Fsp3) is 0.757. The summed E-state index contributed by atoms with van der Waals surface area (Å²) in [5, 5.41) is 11.6. The zero-order valence-electron chi connectivity index (χ0n) is 30.0. The number of amides is 5. The van der Waals surface area contributed by atoms with E-state index in [0.717, 1.165) is 44.9 Å². The number of terminal acetylenes is 1. The van der Waals surface area contributed by atoms with Crippen LogP contribution in [0.15, 0.2) is 12.7 Å². The molecule has 1 heterocycles. The highest BCUT2D eigenvalue weighted by Gasteiger charge is 2.70. The van der Waals surface area contributed by atoms with E-state index >= 15 is 0 Å². The molecule has 1 saturated heterocycles. The second-order valence-corrected chi connectivity index (χ2v) is 16.9. The van der Waals surface area contributed by atoms with Gasteiger partial charge in [-0.05, 0) is 60.2 Å². The minimum Gasteiger partial charge on any atom is -0.346 e. The van der Waals surface area contributed by atoms with E-state index in [2.05, 4.69) is 68.4 Å². The van der Waals surface area contributed by atoms with Gasteiger partial charge in [0.15, 0.2) is 0 Å². The van der Waals surface area contributed by atoms with Crippen molar-refractivity contribution in [2.75, 3.05) is 13.1 Å². The Labute approximate surface area is 282 Å². The van der Waals surface area contributed by atoms with Crippen LogP contribution < -0.4 is 21.3 Å². The van der Waals surface area contributed by atoms with E-state index in [1.807, 2.05) is 20.8 Å². The van der Waals surface area contributed by atoms with Crippen molar-refractivity contribution in [3.8, 4) is 12.3 Å². The van der Waals surface area contributed by atoms with E-state index in [-0.39, 0.29) is 59.5 Å². The zero-order valence-corrected chi connectivity index (χ0v) is 30.0. The average molecular weight is 654 g/mol. The van der Waals surface area contributed by atoms with Gasteiger partial charge in [0.2, 0.25) is 17.6 Å². The summed E-state index contributed by atoms with van der Waals surface area (Å²) in [7, 11) is 0. The number of rotatable bonds is 13. The smallest absolute Gasteiger partial charge is 0.315 e. The van der Waals surface area contributed by atoms with E-state index in [9.17, 15) is 24.0 Å². The number of Topliss-reactive ketones (excluding diaryl/α,β-unsaturated/α-hetero) is 1. The van der Waals surface area contributed by atoms with E-state index in [4.69, 9.17) is 6.42 Å². The lowest BCUT2D eigenvalue weighted by Crippen LogP contribution is -2.63. The minimum absolute atomic E-state index is 0.0873. The highest BCUT2D eigenvalue weighted by atomic mass is 16.2. The molecule has 5 amide bonds. The van der Waals surface area contributed by atoms with Crippen LogP contribution in [0.5, 0.6) is 0 Å². The number of nitrogens with zero attached hydrogens (tertiary/aromatic N) is 1. The summed E-state index contributed by atoms with van der Waals surface area (Å²) in [5.74, 6) is -0.0271. The quantitative estimate of drug-likeness (QED) is 0.132. The van der Waals surface area contributed by atoms with Crippen molar-refractivity contribution in [3.05, 3.63) is 12.7 Å². The normalized spacial score (nSPS) is 24.1. The van der Waals surface area contributed by atoms with E-state index in [0.29, 0.717) is 6.54 Å². The van der Waals surface area contributed by atoms with Crippen LogP contribution in [0.25, 0.3) is 0 Å². The predicted molar refractivity (Wildman–Crippen MR) is 184 cm³/mol. The maximum atomic E-state index is 14.4. The van der Waals surface area contributed by atoms with Gasteiger partial charge in [-0.25, -0.2) is 4.79 Å². The summed E-state index contributed by atoms with van der Waals surface area (Å²) < 4.78 is 0. The topological polar surface area (TPSA) is 137 Å². The molecule has 0 aromatic rings. The molecule has 10 heteroatoms. The number of hydrogen-bond donors (Lipinski definition) is 4. The predicted octanol–water partition coefficient (Wildman–Crippen LogP) is 4.48. The second-order valence-electron chi connectivity index (χ2n) is 16.9. The molecular weight excluding hydrogens is 594 g/mol. The number of hydrogen-bond acceptors (Lipinski definition) is 5. The minimum atomic E-state index is -1.14. The van der Waals surface area contributed by atoms with Gasteiger partial charge in [0.25, 0.3) is 5.91 Å². The van der Waals surface area contributed by atoms with Crippen LogP contribution in [-0.2, 0) is 19.2 Å². The maximum Gasteiger partial charge on any atom is 0.315 e. The van der Waals surface area contributed by atoms with Crippen LogP contribution in [0.4, 0.5) is 4.79 Å². The number of ketones is 1. The van der Waals surface area contributed by atoms with Gasteiger partial charge in [-0.15, -0.1) is 18.9 Å². The standard InChI is InChI=1S/C37H59N5O5/c1-11-13-17-25(28(43)31(45)38-22-12-2)39-30(44)27-26-24(36(26,9)10)23-42(27)32(46)29(35(6,7)8)40-33(47)41-37(18-15-14-16-19-37)21-20-34(3,4)5/h1,12,24-27,29H,2,13-23H2,3-10H3,(H,38,45)(H,39,44)(H2,40,41,47)/t24?,25?,26-,27-,29+/m0/s1. The lowest BCUT2D eigenvalue weighted by atomic mass is 9.75. The van der Waals surface area contributed by atoms with Gasteiger partial charge in [0.05, 0.1) is 6.04 Å². The molecule has 10 nitrogen and oxygen atoms in total. The number of urea groups is 1. The molecule has 0 bridgehead atoms. The Morgan fingerprint density at radius 3 is 2.21 bits per heavy atom. The molecule has 262 valence electrons. The van der Waals surface area contributed by atoms with Crippen LogP contribution in [-0.4, -0.2) is 71.2 Å². The number of carbonyl (C=O) groups excluding carboxylic acids is 5. The molecule has 3 rings (SSSR count). The van der Waals surface area contributed by atoms with E-state index in [1.165, 1.54) is 6.08 Å². The third-order valence-electron chi connectivity index (χ3n) is 10.5. The molecule has 3 fully saturated rings. The van der Waals surface area contributed by atoms with Crippen LogP contribution in [0, 0.1) is 40.4 Å². The Kier molecular flexibility index (Phi) is 12.0. The summed E-state index contributed by atoms with van der Waals surface area (Å²) >= 11 is 0. The van der Waals surface area contributed by atoms with Gasteiger partial charge in [-0.1, -0.05) is 80.7 Å². The molecule has 2 saturated carbocycles. The highest BCUT2D eigenvalue weighted by Crippen LogP contribution is 2.65. The Bertz CT molecular complexity index is 1250. The molecule has 4 N–H and O–H groups in total. The van der Waals surface area contributed by atoms with Gasteiger partial charge in [0, 0.05) is 25.0 Å². The van der Waals surface area contributed by atoms with E-state index in [1.54, 1.807) is 4.90 Å². The number of fused-ring (bicyclic) bond motifs is 1. The van der Waals surface area contributed by atoms with Gasteiger partial charge in [0.1, 0.15) is 12.1 Å². The Morgan fingerprint density at radius 1 is 1.02 bits per heavy atom. The lowest BCUT2D eigenvalue weighted by molar-refractivity contribution is -0.145. The highest BCUT2D eigenvalue weighted by molar-refractivity contribution is 6.38. The largest absolute Gasteiger partial charge is 0.346 e.